The number of rotatable bonds is 11. The van der Waals surface area contributed by atoms with Gasteiger partial charge in [-0.05, 0) is 43.2 Å². The first-order valence-corrected chi connectivity index (χ1v) is 9.75. The van der Waals surface area contributed by atoms with Gasteiger partial charge in [0.05, 0.1) is 19.8 Å². The monoisotopic (exact) mass is 513 g/mol. The zero-order valence-corrected chi connectivity index (χ0v) is 19.5. The van der Waals surface area contributed by atoms with Crippen molar-refractivity contribution in [2.75, 3.05) is 33.4 Å². The van der Waals surface area contributed by atoms with Crippen LogP contribution in [0, 0.1) is 0 Å². The summed E-state index contributed by atoms with van der Waals surface area (Å²) in [6.07, 6.45) is 0.957. The minimum absolute atomic E-state index is 0. The number of halogens is 1. The van der Waals surface area contributed by atoms with E-state index in [1.807, 2.05) is 61.5 Å². The molecule has 2 aromatic rings. The minimum Gasteiger partial charge on any atom is -0.497 e. The molecule has 0 radical (unpaired) electrons. The van der Waals surface area contributed by atoms with Crippen molar-refractivity contribution in [3.63, 3.8) is 0 Å². The largest absolute Gasteiger partial charge is 0.497 e. The average Bonchev–Trinajstić information content (AvgIpc) is 2.74. The standard InChI is InChI=1S/C22H31N3O3.HI/c1-3-23-22(25-16-14-21(26)18-8-5-4-6-9-18)24-15-7-17-28-20-12-10-19(27-2)11-13-20;/h4-6,8-13,21,26H,3,7,14-17H2,1-2H3,(H2,23,24,25);1H. The lowest BCUT2D eigenvalue weighted by molar-refractivity contribution is 0.168. The highest BCUT2D eigenvalue weighted by Crippen LogP contribution is 2.17. The molecule has 3 N–H and O–H groups in total. The molecule has 1 unspecified atom stereocenters. The highest BCUT2D eigenvalue weighted by Gasteiger charge is 2.06. The molecule has 0 saturated carbocycles. The number of hydrogen-bond donors (Lipinski definition) is 3. The predicted octanol–water partition coefficient (Wildman–Crippen LogP) is 3.76. The fourth-order valence-electron chi connectivity index (χ4n) is 2.63. The summed E-state index contributed by atoms with van der Waals surface area (Å²) in [5.74, 6) is 2.40. The van der Waals surface area contributed by atoms with Crippen molar-refractivity contribution >= 4 is 29.9 Å². The molecule has 0 aromatic heterocycles. The van der Waals surface area contributed by atoms with Crippen molar-refractivity contribution in [3.8, 4) is 11.5 Å². The first kappa shape index (κ1) is 25.0. The van der Waals surface area contributed by atoms with Crippen molar-refractivity contribution in [1.29, 1.82) is 0 Å². The molecule has 0 aliphatic rings. The molecule has 0 saturated heterocycles. The Labute approximate surface area is 190 Å². The Morgan fingerprint density at radius 1 is 1.03 bits per heavy atom. The predicted molar refractivity (Wildman–Crippen MR) is 129 cm³/mol. The maximum Gasteiger partial charge on any atom is 0.191 e. The Balaban J connectivity index is 0.00000420. The Kier molecular flexibility index (Phi) is 12.9. The van der Waals surface area contributed by atoms with E-state index in [0.29, 0.717) is 26.1 Å². The molecule has 0 bridgehead atoms. The van der Waals surface area contributed by atoms with Gasteiger partial charge in [-0.15, -0.1) is 24.0 Å². The van der Waals surface area contributed by atoms with Crippen LogP contribution in [0.3, 0.4) is 0 Å². The molecule has 0 heterocycles. The SMILES string of the molecule is CCNC(=NCCCOc1ccc(OC)cc1)NCCC(O)c1ccccc1.I. The van der Waals surface area contributed by atoms with Crippen LogP contribution in [0.1, 0.15) is 31.4 Å². The van der Waals surface area contributed by atoms with E-state index in [0.717, 1.165) is 36.0 Å². The van der Waals surface area contributed by atoms with Crippen molar-refractivity contribution in [3.05, 3.63) is 60.2 Å². The number of aliphatic hydroxyl groups excluding tert-OH is 1. The minimum atomic E-state index is -0.477. The summed E-state index contributed by atoms with van der Waals surface area (Å²) in [5, 5.41) is 16.7. The number of aliphatic hydroxyl groups is 1. The van der Waals surface area contributed by atoms with Gasteiger partial charge in [0.25, 0.3) is 0 Å². The molecule has 7 heteroatoms. The maximum absolute atomic E-state index is 10.2. The summed E-state index contributed by atoms with van der Waals surface area (Å²) in [6.45, 7) is 4.72. The number of nitrogens with one attached hydrogen (secondary N) is 2. The second-order valence-corrected chi connectivity index (χ2v) is 6.28. The zero-order valence-electron chi connectivity index (χ0n) is 17.1. The van der Waals surface area contributed by atoms with Gasteiger partial charge in [-0.25, -0.2) is 0 Å². The Morgan fingerprint density at radius 2 is 1.72 bits per heavy atom. The van der Waals surface area contributed by atoms with E-state index >= 15 is 0 Å². The molecular weight excluding hydrogens is 481 g/mol. The van der Waals surface area contributed by atoms with E-state index < -0.39 is 6.10 Å². The number of methoxy groups -OCH3 is 1. The van der Waals surface area contributed by atoms with Crippen molar-refractivity contribution in [2.45, 2.75) is 25.9 Å². The summed E-state index contributed by atoms with van der Waals surface area (Å²) in [7, 11) is 1.65. The molecule has 2 rings (SSSR count). The molecule has 1 atom stereocenters. The Bertz CT molecular complexity index is 696. The summed E-state index contributed by atoms with van der Waals surface area (Å²) in [5.41, 5.74) is 0.932. The van der Waals surface area contributed by atoms with Gasteiger partial charge in [0.2, 0.25) is 0 Å². The molecule has 6 nitrogen and oxygen atoms in total. The third kappa shape index (κ3) is 9.85. The second-order valence-electron chi connectivity index (χ2n) is 6.28. The summed E-state index contributed by atoms with van der Waals surface area (Å²) >= 11 is 0. The van der Waals surface area contributed by atoms with Gasteiger partial charge in [0, 0.05) is 26.1 Å². The topological polar surface area (TPSA) is 75.1 Å². The molecule has 0 aliphatic carbocycles. The Morgan fingerprint density at radius 3 is 2.38 bits per heavy atom. The van der Waals surface area contributed by atoms with Gasteiger partial charge >= 0.3 is 0 Å². The van der Waals surface area contributed by atoms with Crippen LogP contribution in [0.2, 0.25) is 0 Å². The van der Waals surface area contributed by atoms with Crippen LogP contribution >= 0.6 is 24.0 Å². The highest BCUT2D eigenvalue weighted by atomic mass is 127. The number of benzene rings is 2. The van der Waals surface area contributed by atoms with Gasteiger partial charge in [-0.2, -0.15) is 0 Å². The first-order chi connectivity index (χ1) is 13.7. The van der Waals surface area contributed by atoms with E-state index in [4.69, 9.17) is 9.47 Å². The number of hydrogen-bond acceptors (Lipinski definition) is 4. The Hall–Kier alpha value is -2.00. The fourth-order valence-corrected chi connectivity index (χ4v) is 2.63. The van der Waals surface area contributed by atoms with Crippen molar-refractivity contribution in [1.82, 2.24) is 10.6 Å². The first-order valence-electron chi connectivity index (χ1n) is 9.75. The van der Waals surface area contributed by atoms with Gasteiger partial charge in [0.1, 0.15) is 11.5 Å². The van der Waals surface area contributed by atoms with E-state index in [2.05, 4.69) is 15.6 Å². The van der Waals surface area contributed by atoms with Crippen molar-refractivity contribution < 1.29 is 14.6 Å². The molecule has 160 valence electrons. The van der Waals surface area contributed by atoms with Crippen LogP contribution in [-0.2, 0) is 0 Å². The molecule has 0 spiro atoms. The van der Waals surface area contributed by atoms with Crippen LogP contribution in [0.5, 0.6) is 11.5 Å². The smallest absolute Gasteiger partial charge is 0.191 e. The third-order valence-electron chi connectivity index (χ3n) is 4.14. The van der Waals surface area contributed by atoms with Gasteiger partial charge in [-0.3, -0.25) is 4.99 Å². The van der Waals surface area contributed by atoms with Crippen LogP contribution in [0.15, 0.2) is 59.6 Å². The lowest BCUT2D eigenvalue weighted by Gasteiger charge is -2.14. The van der Waals surface area contributed by atoms with E-state index in [9.17, 15) is 5.11 Å². The van der Waals surface area contributed by atoms with E-state index in [1.165, 1.54) is 0 Å². The maximum atomic E-state index is 10.2. The number of guanidine groups is 1. The van der Waals surface area contributed by atoms with Crippen molar-refractivity contribution in [2.24, 2.45) is 4.99 Å². The normalized spacial score (nSPS) is 11.9. The fraction of sp³-hybridized carbons (Fsp3) is 0.409. The summed E-state index contributed by atoms with van der Waals surface area (Å²) < 4.78 is 10.8. The van der Waals surface area contributed by atoms with Crippen LogP contribution < -0.4 is 20.1 Å². The number of ether oxygens (including phenoxy) is 2. The second kappa shape index (κ2) is 14.9. The number of aliphatic imine (C=N–C) groups is 1. The van der Waals surface area contributed by atoms with E-state index in [1.54, 1.807) is 7.11 Å². The molecule has 2 aromatic carbocycles. The van der Waals surface area contributed by atoms with Gasteiger partial charge < -0.3 is 25.2 Å². The highest BCUT2D eigenvalue weighted by molar-refractivity contribution is 14.0. The van der Waals surface area contributed by atoms with Gasteiger partial charge in [0.15, 0.2) is 5.96 Å². The van der Waals surface area contributed by atoms with Crippen LogP contribution in [0.25, 0.3) is 0 Å². The lowest BCUT2D eigenvalue weighted by Crippen LogP contribution is -2.38. The lowest BCUT2D eigenvalue weighted by atomic mass is 10.1. The van der Waals surface area contributed by atoms with E-state index in [-0.39, 0.29) is 24.0 Å². The quantitative estimate of drug-likeness (QED) is 0.185. The molecule has 0 aliphatic heterocycles. The van der Waals surface area contributed by atoms with Crippen LogP contribution in [0.4, 0.5) is 0 Å². The molecular formula is C22H32IN3O3. The third-order valence-corrected chi connectivity index (χ3v) is 4.14. The van der Waals surface area contributed by atoms with Gasteiger partial charge in [-0.1, -0.05) is 30.3 Å². The van der Waals surface area contributed by atoms with Crippen LogP contribution in [-0.4, -0.2) is 44.4 Å². The summed E-state index contributed by atoms with van der Waals surface area (Å²) in [6, 6.07) is 17.2. The molecule has 0 fully saturated rings. The summed E-state index contributed by atoms with van der Waals surface area (Å²) in [4.78, 5) is 4.55. The zero-order chi connectivity index (χ0) is 20.0. The molecule has 29 heavy (non-hydrogen) atoms. The average molecular weight is 513 g/mol. The number of nitrogens with zero attached hydrogens (tertiary/aromatic N) is 1. The molecule has 0 amide bonds.